The molecule has 2 N–H and O–H groups in total. The maximum Gasteiger partial charge on any atom is 0.461 e. The first kappa shape index (κ1) is 30.4. The first-order valence-electron chi connectivity index (χ1n) is 15.1. The van der Waals surface area contributed by atoms with Gasteiger partial charge in [0.25, 0.3) is 11.5 Å². The van der Waals surface area contributed by atoms with Crippen molar-refractivity contribution in [3.8, 4) is 0 Å². The van der Waals surface area contributed by atoms with Crippen molar-refractivity contribution in [2.45, 2.75) is 51.4 Å². The first-order valence-corrected chi connectivity index (χ1v) is 15.1. The maximum atomic E-state index is 12.5. The van der Waals surface area contributed by atoms with Crippen LogP contribution in [-0.4, -0.2) is 79.4 Å². The molecule has 0 atom stereocenters. The molecule has 6 rings (SSSR count). The predicted molar refractivity (Wildman–Crippen MR) is 166 cm³/mol. The average molecular weight is 591 g/mol. The highest BCUT2D eigenvalue weighted by Gasteiger charge is 2.26. The predicted octanol–water partition coefficient (Wildman–Crippen LogP) is 1.47. The lowest BCUT2D eigenvalue weighted by Gasteiger charge is -2.17. The summed E-state index contributed by atoms with van der Waals surface area (Å²) in [5.74, 6) is 0.454. The third kappa shape index (κ3) is 6.94. The number of anilines is 2. The van der Waals surface area contributed by atoms with Crippen molar-refractivity contribution in [3.05, 3.63) is 62.1 Å². The fraction of sp³-hybridized carbons (Fsp3) is 0.533. The van der Waals surface area contributed by atoms with Gasteiger partial charge in [-0.1, -0.05) is 12.1 Å². The van der Waals surface area contributed by atoms with E-state index < -0.39 is 0 Å². The quantitative estimate of drug-likeness (QED) is 0.228. The fourth-order valence-electron chi connectivity index (χ4n) is 5.80. The zero-order chi connectivity index (χ0) is 30.5. The van der Waals surface area contributed by atoms with Gasteiger partial charge in [0.2, 0.25) is 5.10 Å². The molecule has 4 aromatic rings. The van der Waals surface area contributed by atoms with Crippen LogP contribution in [0.1, 0.15) is 47.9 Å². The number of fused-ring (bicyclic) bond motifs is 6. The zero-order valence-corrected chi connectivity index (χ0v) is 25.6. The Morgan fingerprint density at radius 1 is 0.698 bits per heavy atom. The number of rotatable bonds is 8. The molecule has 0 fully saturated rings. The molecule has 2 aromatic heterocycles. The van der Waals surface area contributed by atoms with Gasteiger partial charge >= 0.3 is 11.5 Å². The van der Waals surface area contributed by atoms with Gasteiger partial charge in [-0.15, -0.1) is 0 Å². The van der Waals surface area contributed by atoms with Crippen molar-refractivity contribution in [1.82, 2.24) is 25.0 Å². The normalized spacial score (nSPS) is 14.4. The Kier molecular flexibility index (Phi) is 9.51. The van der Waals surface area contributed by atoms with Crippen LogP contribution in [0.25, 0.3) is 22.1 Å². The van der Waals surface area contributed by atoms with Crippen molar-refractivity contribution in [3.63, 3.8) is 0 Å². The average Bonchev–Trinajstić information content (AvgIpc) is 2.99. The van der Waals surface area contributed by atoms with Crippen LogP contribution in [0, 0.1) is 15.6 Å². The lowest BCUT2D eigenvalue weighted by atomic mass is 9.91. The smallest absolute Gasteiger partial charge is 0.461 e. The summed E-state index contributed by atoms with van der Waals surface area (Å²) in [4.78, 5) is 9.88. The van der Waals surface area contributed by atoms with Gasteiger partial charge < -0.3 is 30.7 Å². The van der Waals surface area contributed by atoms with Crippen LogP contribution in [0.2, 0.25) is 0 Å². The molecule has 2 aliphatic carbocycles. The lowest BCUT2D eigenvalue weighted by Crippen LogP contribution is -2.45. The summed E-state index contributed by atoms with van der Waals surface area (Å²) >= 11 is 0. The van der Waals surface area contributed by atoms with Gasteiger partial charge in [-0.2, -0.15) is 0 Å². The largest absolute Gasteiger partial charge is 0.739 e. The molecule has 0 bridgehead atoms. The minimum absolute atomic E-state index is 0.0557. The SMILES string of the molecule is CN(C)CCNc1n[n+]([O-])c2c3c(ccc2[n+]1[O-])CCCC3.CN(C)CCNc1nc2ccc3c(c2[n+]([O-])n1)CCCC3. The number of aromatic nitrogens is 6. The molecule has 0 saturated heterocycles. The first-order chi connectivity index (χ1) is 20.7. The topological polar surface area (TPSA) is 150 Å². The van der Waals surface area contributed by atoms with E-state index in [0.29, 0.717) is 40.4 Å². The van der Waals surface area contributed by atoms with E-state index in [1.54, 1.807) is 6.07 Å². The van der Waals surface area contributed by atoms with Crippen LogP contribution in [0.4, 0.5) is 11.9 Å². The molecule has 43 heavy (non-hydrogen) atoms. The Labute approximate surface area is 251 Å². The molecular formula is C30H42N10O3. The molecule has 230 valence electrons. The highest BCUT2D eigenvalue weighted by atomic mass is 16.5. The van der Waals surface area contributed by atoms with Crippen molar-refractivity contribution in [1.29, 1.82) is 0 Å². The molecule has 0 spiro atoms. The molecule has 2 heterocycles. The third-order valence-corrected chi connectivity index (χ3v) is 8.04. The van der Waals surface area contributed by atoms with E-state index in [-0.39, 0.29) is 5.95 Å². The summed E-state index contributed by atoms with van der Waals surface area (Å²) in [5.41, 5.74) is 6.74. The van der Waals surface area contributed by atoms with Crippen molar-refractivity contribution in [2.75, 3.05) is 65.0 Å². The molecule has 0 amide bonds. The summed E-state index contributed by atoms with van der Waals surface area (Å²) < 4.78 is 0.730. The molecule has 0 unspecified atom stereocenters. The minimum Gasteiger partial charge on any atom is -0.739 e. The second kappa shape index (κ2) is 13.5. The van der Waals surface area contributed by atoms with Gasteiger partial charge in [0.1, 0.15) is 5.52 Å². The van der Waals surface area contributed by atoms with Crippen molar-refractivity contribution in [2.24, 2.45) is 0 Å². The van der Waals surface area contributed by atoms with E-state index >= 15 is 0 Å². The van der Waals surface area contributed by atoms with Gasteiger partial charge in [-0.3, -0.25) is 5.32 Å². The Hall–Kier alpha value is -4.10. The molecule has 0 radical (unpaired) electrons. The molecule has 13 heteroatoms. The van der Waals surface area contributed by atoms with Gasteiger partial charge in [0, 0.05) is 35.6 Å². The van der Waals surface area contributed by atoms with Crippen LogP contribution in [-0.2, 0) is 25.7 Å². The minimum atomic E-state index is 0.0557. The lowest BCUT2D eigenvalue weighted by molar-refractivity contribution is -0.672. The molecule has 13 nitrogen and oxygen atoms in total. The Morgan fingerprint density at radius 3 is 1.91 bits per heavy atom. The standard InChI is InChI=1S/C15H21N5O2.C15H21N5O/c1-18(2)10-9-16-15-17-20(22)14-12-6-4-3-5-11(12)7-8-13(14)19(15)21;1-19(2)10-9-16-15-17-13-8-7-11-5-3-4-6-12(11)14(13)20(21)18-15/h7-8H,3-6,9-10H2,1-2H3,(H,16,17);7-8H,3-6,9-10H2,1-2H3,(H,16,17,18). The number of aryl methyl sites for hydroxylation is 4. The van der Waals surface area contributed by atoms with Crippen LogP contribution >= 0.6 is 0 Å². The van der Waals surface area contributed by atoms with E-state index in [0.717, 1.165) is 84.3 Å². The van der Waals surface area contributed by atoms with Crippen LogP contribution in [0.3, 0.4) is 0 Å². The zero-order valence-electron chi connectivity index (χ0n) is 25.6. The summed E-state index contributed by atoms with van der Waals surface area (Å²) in [7, 11) is 7.90. The van der Waals surface area contributed by atoms with E-state index in [1.807, 2.05) is 45.2 Å². The Morgan fingerprint density at radius 2 is 1.26 bits per heavy atom. The van der Waals surface area contributed by atoms with Gasteiger partial charge in [-0.05, 0) is 108 Å². The summed E-state index contributed by atoms with van der Waals surface area (Å²) in [5, 5.41) is 51.0. The van der Waals surface area contributed by atoms with Crippen molar-refractivity contribution < 1.29 is 14.4 Å². The Balaban J connectivity index is 0.000000171. The second-order valence-corrected chi connectivity index (χ2v) is 11.8. The van der Waals surface area contributed by atoms with Crippen LogP contribution in [0.5, 0.6) is 0 Å². The molecule has 2 aromatic carbocycles. The number of likely N-dealkylation sites (N-methyl/N-ethyl adjacent to an activating group) is 2. The van der Waals surface area contributed by atoms with E-state index in [9.17, 15) is 15.6 Å². The molecule has 0 saturated carbocycles. The summed E-state index contributed by atoms with van der Waals surface area (Å²) in [6, 6.07) is 7.74. The number of benzene rings is 2. The molecular weight excluding hydrogens is 548 g/mol. The summed E-state index contributed by atoms with van der Waals surface area (Å²) in [6.07, 6.45) is 8.31. The van der Waals surface area contributed by atoms with Gasteiger partial charge in [-0.25, -0.2) is 9.71 Å². The maximum absolute atomic E-state index is 12.5. The van der Waals surface area contributed by atoms with E-state index in [4.69, 9.17) is 0 Å². The van der Waals surface area contributed by atoms with E-state index in [1.165, 1.54) is 17.5 Å². The van der Waals surface area contributed by atoms with Gasteiger partial charge in [0.15, 0.2) is 5.52 Å². The number of hydrogen-bond acceptors (Lipinski definition) is 10. The van der Waals surface area contributed by atoms with Gasteiger partial charge in [0.05, 0.1) is 11.6 Å². The van der Waals surface area contributed by atoms with Crippen LogP contribution < -0.4 is 25.1 Å². The highest BCUT2D eigenvalue weighted by Crippen LogP contribution is 2.27. The fourth-order valence-corrected chi connectivity index (χ4v) is 5.80. The third-order valence-electron chi connectivity index (χ3n) is 8.04. The number of hydrogen-bond donors (Lipinski definition) is 2. The summed E-state index contributed by atoms with van der Waals surface area (Å²) in [6.45, 7) is 2.88. The van der Waals surface area contributed by atoms with E-state index in [2.05, 4.69) is 36.8 Å². The van der Waals surface area contributed by atoms with Crippen LogP contribution in [0.15, 0.2) is 24.3 Å². The molecule has 0 aliphatic heterocycles. The second-order valence-electron chi connectivity index (χ2n) is 11.8. The highest BCUT2D eigenvalue weighted by molar-refractivity contribution is 5.77. The number of nitrogens with zero attached hydrogens (tertiary/aromatic N) is 8. The van der Waals surface area contributed by atoms with Crippen molar-refractivity contribution >= 4 is 34.0 Å². The monoisotopic (exact) mass is 590 g/mol. The molecule has 2 aliphatic rings. The number of nitrogens with one attached hydrogen (secondary N) is 2. The Bertz CT molecular complexity index is 1590.